The second kappa shape index (κ2) is 8.62. The smallest absolute Gasteiger partial charge is 0.234 e. The number of halogens is 1. The largest absolute Gasteiger partial charge is 0.472 e. The van der Waals surface area contributed by atoms with Gasteiger partial charge in [-0.1, -0.05) is 35.9 Å². The Kier molecular flexibility index (Phi) is 6.25. The summed E-state index contributed by atoms with van der Waals surface area (Å²) in [6.07, 6.45) is 3.01. The summed E-state index contributed by atoms with van der Waals surface area (Å²) in [5.74, 6) is 0.636. The third-order valence-electron chi connectivity index (χ3n) is 3.76. The second-order valence-electron chi connectivity index (χ2n) is 5.89. The van der Waals surface area contributed by atoms with Gasteiger partial charge in [-0.3, -0.25) is 0 Å². The molecule has 0 spiro atoms. The molecular weight excluding hydrogens is 445 g/mol. The molecule has 0 fully saturated rings. The molecule has 0 unspecified atom stereocenters. The van der Waals surface area contributed by atoms with Crippen molar-refractivity contribution >= 4 is 41.5 Å². The lowest BCUT2D eigenvalue weighted by atomic mass is 10.2. The number of nitrogens with zero attached hydrogens (tertiary/aromatic N) is 3. The van der Waals surface area contributed by atoms with E-state index in [4.69, 9.17) is 4.74 Å². The van der Waals surface area contributed by atoms with Crippen LogP contribution in [0, 0.1) is 0 Å². The third-order valence-corrected chi connectivity index (χ3v) is 5.75. The van der Waals surface area contributed by atoms with Crippen molar-refractivity contribution in [2.75, 3.05) is 10.8 Å². The lowest BCUT2D eigenvalue weighted by Crippen LogP contribution is -2.14. The quantitative estimate of drug-likeness (QED) is 0.243. The summed E-state index contributed by atoms with van der Waals surface area (Å²) in [4.78, 5) is 0. The lowest BCUT2D eigenvalue weighted by Gasteiger charge is -2.20. The summed E-state index contributed by atoms with van der Waals surface area (Å²) in [5.41, 5.74) is 4.45. The van der Waals surface area contributed by atoms with Crippen LogP contribution in [0.3, 0.4) is 0 Å². The molecule has 2 heterocycles. The maximum Gasteiger partial charge on any atom is 0.234 e. The topological polar surface area (TPSA) is 29.8 Å². The van der Waals surface area contributed by atoms with Crippen LogP contribution < -0.4 is 9.04 Å². The predicted octanol–water partition coefficient (Wildman–Crippen LogP) is 5.68. The number of ether oxygens (including phenoxy) is 1. The number of fused-ring (bicyclic) bond motifs is 1. The fraction of sp³-hybridized carbons (Fsp3) is 0.211. The van der Waals surface area contributed by atoms with Crippen molar-refractivity contribution in [3.05, 3.63) is 72.4 Å². The van der Waals surface area contributed by atoms with Crippen LogP contribution in [0.2, 0.25) is 0 Å². The number of hydrogen-bond donors (Lipinski definition) is 0. The van der Waals surface area contributed by atoms with Gasteiger partial charge in [-0.15, -0.1) is 11.7 Å². The normalized spacial score (nSPS) is 10.8. The molecule has 0 aliphatic carbocycles. The molecule has 6 heteroatoms. The molecule has 0 amide bonds. The van der Waals surface area contributed by atoms with Crippen LogP contribution in [0.1, 0.15) is 18.9 Å². The molecule has 0 saturated heterocycles. The maximum atomic E-state index is 5.82. The molecule has 0 aliphatic rings. The van der Waals surface area contributed by atoms with Crippen molar-refractivity contribution in [1.82, 2.24) is 9.61 Å². The van der Waals surface area contributed by atoms with Gasteiger partial charge in [-0.05, 0) is 31.0 Å². The highest BCUT2D eigenvalue weighted by Crippen LogP contribution is 2.29. The summed E-state index contributed by atoms with van der Waals surface area (Å²) >= 11 is 2.31. The highest BCUT2D eigenvalue weighted by atomic mass is 127. The fourth-order valence-corrected chi connectivity index (χ4v) is 4.02. The average Bonchev–Trinajstić information content (AvgIpc) is 3.03. The van der Waals surface area contributed by atoms with Crippen LogP contribution in [0.15, 0.2) is 66.9 Å². The SMILES string of the molecule is C=C(C)CCN(SI)c1ccc2cc(OCc3ccccc3)nn2c1. The number of anilines is 1. The van der Waals surface area contributed by atoms with E-state index in [0.717, 1.165) is 29.7 Å². The number of rotatable bonds is 8. The highest BCUT2D eigenvalue weighted by molar-refractivity contribution is 14.2. The number of benzene rings is 1. The predicted molar refractivity (Wildman–Crippen MR) is 114 cm³/mol. The molecule has 0 radical (unpaired) electrons. The van der Waals surface area contributed by atoms with Crippen molar-refractivity contribution in [2.45, 2.75) is 20.0 Å². The standard InChI is InChI=1S/C19H20IN3OS/c1-15(2)10-11-23(25-20)18-9-8-17-12-19(21-22(17)13-18)24-14-16-6-4-3-5-7-16/h3-9,12-13H,1,10-11,14H2,2H3. The Morgan fingerprint density at radius 3 is 2.80 bits per heavy atom. The van der Waals surface area contributed by atoms with E-state index >= 15 is 0 Å². The molecule has 0 atom stereocenters. The van der Waals surface area contributed by atoms with Gasteiger partial charge < -0.3 is 9.04 Å². The molecule has 0 bridgehead atoms. The number of pyridine rings is 1. The molecule has 0 saturated carbocycles. The zero-order valence-corrected chi connectivity index (χ0v) is 17.0. The molecule has 0 aliphatic heterocycles. The Hall–Kier alpha value is -1.67. The van der Waals surface area contributed by atoms with E-state index in [1.165, 1.54) is 5.57 Å². The van der Waals surface area contributed by atoms with Gasteiger partial charge >= 0.3 is 0 Å². The Labute approximate surface area is 164 Å². The molecule has 4 nitrogen and oxygen atoms in total. The maximum absolute atomic E-state index is 5.82. The van der Waals surface area contributed by atoms with Gasteiger partial charge in [0.25, 0.3) is 0 Å². The van der Waals surface area contributed by atoms with Crippen LogP contribution in [0.4, 0.5) is 5.69 Å². The zero-order valence-electron chi connectivity index (χ0n) is 14.1. The van der Waals surface area contributed by atoms with Gasteiger partial charge in [-0.2, -0.15) is 0 Å². The van der Waals surface area contributed by atoms with Crippen LogP contribution in [0.25, 0.3) is 5.52 Å². The minimum Gasteiger partial charge on any atom is -0.472 e. The highest BCUT2D eigenvalue weighted by Gasteiger charge is 2.09. The van der Waals surface area contributed by atoms with E-state index in [0.29, 0.717) is 12.5 Å². The zero-order chi connectivity index (χ0) is 17.6. The average molecular weight is 465 g/mol. The van der Waals surface area contributed by atoms with E-state index in [1.807, 2.05) is 47.1 Å². The lowest BCUT2D eigenvalue weighted by molar-refractivity contribution is 0.292. The summed E-state index contributed by atoms with van der Waals surface area (Å²) < 4.78 is 9.93. The summed E-state index contributed by atoms with van der Waals surface area (Å²) in [7, 11) is 1.68. The molecule has 3 aromatic rings. The first-order chi connectivity index (χ1) is 12.2. The van der Waals surface area contributed by atoms with Crippen LogP contribution in [-0.4, -0.2) is 16.2 Å². The van der Waals surface area contributed by atoms with Crippen LogP contribution in [-0.2, 0) is 6.61 Å². The van der Waals surface area contributed by atoms with Crippen LogP contribution >= 0.6 is 30.3 Å². The molecule has 2 aromatic heterocycles. The van der Waals surface area contributed by atoms with Gasteiger partial charge in [0.2, 0.25) is 5.88 Å². The van der Waals surface area contributed by atoms with Crippen molar-refractivity contribution in [3.8, 4) is 5.88 Å². The van der Waals surface area contributed by atoms with E-state index in [2.05, 4.69) is 56.2 Å². The molecule has 130 valence electrons. The van der Waals surface area contributed by atoms with Gasteiger partial charge in [0.15, 0.2) is 0 Å². The van der Waals surface area contributed by atoms with Gasteiger partial charge in [0.1, 0.15) is 6.61 Å². The monoisotopic (exact) mass is 465 g/mol. The Balaban J connectivity index is 1.73. The number of hydrogen-bond acceptors (Lipinski definition) is 4. The summed E-state index contributed by atoms with van der Waals surface area (Å²) in [6.45, 7) is 7.48. The first-order valence-electron chi connectivity index (χ1n) is 8.02. The summed E-state index contributed by atoms with van der Waals surface area (Å²) in [5, 5.41) is 4.54. The Morgan fingerprint density at radius 1 is 1.28 bits per heavy atom. The first kappa shape index (κ1) is 18.1. The van der Waals surface area contributed by atoms with Gasteiger partial charge in [-0.25, -0.2) is 4.52 Å². The molecule has 25 heavy (non-hydrogen) atoms. The molecule has 3 rings (SSSR count). The Morgan fingerprint density at radius 2 is 2.08 bits per heavy atom. The van der Waals surface area contributed by atoms with Gasteiger partial charge in [0.05, 0.1) is 17.4 Å². The van der Waals surface area contributed by atoms with Crippen molar-refractivity contribution in [3.63, 3.8) is 0 Å². The van der Waals surface area contributed by atoms with Crippen LogP contribution in [0.5, 0.6) is 5.88 Å². The number of aromatic nitrogens is 2. The molecule has 0 N–H and O–H groups in total. The third kappa shape index (κ3) is 4.92. The van der Waals surface area contributed by atoms with Crippen molar-refractivity contribution < 1.29 is 4.74 Å². The molecule has 1 aromatic carbocycles. The Bertz CT molecular complexity index is 850. The minimum atomic E-state index is 0.520. The van der Waals surface area contributed by atoms with E-state index in [9.17, 15) is 0 Å². The van der Waals surface area contributed by atoms with Gasteiger partial charge in [0, 0.05) is 42.9 Å². The first-order valence-corrected chi connectivity index (χ1v) is 11.3. The minimum absolute atomic E-state index is 0.520. The van der Waals surface area contributed by atoms with Crippen molar-refractivity contribution in [1.29, 1.82) is 0 Å². The van der Waals surface area contributed by atoms with E-state index < -0.39 is 0 Å². The van der Waals surface area contributed by atoms with E-state index in [1.54, 1.807) is 9.12 Å². The fourth-order valence-electron chi connectivity index (χ4n) is 2.40. The molecular formula is C19H20IN3OS. The second-order valence-corrected chi connectivity index (χ2v) is 7.65. The summed E-state index contributed by atoms with van der Waals surface area (Å²) in [6, 6.07) is 16.3. The van der Waals surface area contributed by atoms with Crippen molar-refractivity contribution in [2.24, 2.45) is 0 Å². The van der Waals surface area contributed by atoms with E-state index in [-0.39, 0.29) is 0 Å².